The molecule has 0 radical (unpaired) electrons. The average Bonchev–Trinajstić information content (AvgIpc) is 3.05. The lowest BCUT2D eigenvalue weighted by molar-refractivity contribution is 0.425. The highest BCUT2D eigenvalue weighted by Crippen LogP contribution is 2.53. The summed E-state index contributed by atoms with van der Waals surface area (Å²) in [6, 6.07) is 14.4. The van der Waals surface area contributed by atoms with Crippen LogP contribution in [0, 0.1) is 5.92 Å². The zero-order valence-corrected chi connectivity index (χ0v) is 10.9. The first-order chi connectivity index (χ1) is 8.25. The smallest absolute Gasteiger partial charge is 0.169 e. The highest BCUT2D eigenvalue weighted by atomic mass is 79.9. The summed E-state index contributed by atoms with van der Waals surface area (Å²) in [6.45, 7) is 0. The van der Waals surface area contributed by atoms with E-state index in [4.69, 9.17) is 10.2 Å². The fraction of sp³-hybridized carbons (Fsp3) is 0.286. The molecule has 0 aliphatic heterocycles. The van der Waals surface area contributed by atoms with Crippen LogP contribution in [-0.2, 0) is 0 Å². The number of furan rings is 1. The Balaban J connectivity index is 1.73. The van der Waals surface area contributed by atoms with Crippen molar-refractivity contribution < 1.29 is 4.42 Å². The van der Waals surface area contributed by atoms with Gasteiger partial charge in [-0.3, -0.25) is 0 Å². The largest absolute Gasteiger partial charge is 0.453 e. The van der Waals surface area contributed by atoms with Crippen molar-refractivity contribution in [3.63, 3.8) is 0 Å². The van der Waals surface area contributed by atoms with Crippen LogP contribution < -0.4 is 5.73 Å². The minimum atomic E-state index is 0.00602. The van der Waals surface area contributed by atoms with Crippen LogP contribution in [0.5, 0.6) is 0 Å². The van der Waals surface area contributed by atoms with E-state index in [0.717, 1.165) is 16.9 Å². The van der Waals surface area contributed by atoms with Gasteiger partial charge in [-0.15, -0.1) is 0 Å². The summed E-state index contributed by atoms with van der Waals surface area (Å²) < 4.78 is 6.27. The highest BCUT2D eigenvalue weighted by Gasteiger charge is 2.43. The molecule has 2 nitrogen and oxygen atoms in total. The Bertz CT molecular complexity index is 508. The van der Waals surface area contributed by atoms with Crippen LogP contribution >= 0.6 is 15.9 Å². The topological polar surface area (TPSA) is 39.2 Å². The van der Waals surface area contributed by atoms with Gasteiger partial charge in [0, 0.05) is 0 Å². The summed E-state index contributed by atoms with van der Waals surface area (Å²) in [5.41, 5.74) is 7.61. The van der Waals surface area contributed by atoms with E-state index in [1.54, 1.807) is 0 Å². The lowest BCUT2D eigenvalue weighted by atomic mass is 10.0. The van der Waals surface area contributed by atoms with Gasteiger partial charge in [0.1, 0.15) is 5.76 Å². The molecule has 1 fully saturated rings. The van der Waals surface area contributed by atoms with E-state index >= 15 is 0 Å². The molecule has 1 aromatic carbocycles. The van der Waals surface area contributed by atoms with E-state index in [2.05, 4.69) is 40.2 Å². The van der Waals surface area contributed by atoms with Crippen LogP contribution in [-0.4, -0.2) is 0 Å². The van der Waals surface area contributed by atoms with Crippen molar-refractivity contribution in [3.8, 4) is 0 Å². The van der Waals surface area contributed by atoms with Crippen LogP contribution in [0.15, 0.2) is 51.6 Å². The first kappa shape index (κ1) is 11.1. The standard InChI is InChI=1S/C14H14BrNO/c15-13-7-6-12(17-13)14(16)11-8-10(11)9-4-2-1-3-5-9/h1-7,10-11,14H,8,16H2. The minimum Gasteiger partial charge on any atom is -0.453 e. The Morgan fingerprint density at radius 2 is 1.94 bits per heavy atom. The Labute approximate surface area is 109 Å². The third kappa shape index (κ3) is 2.17. The first-order valence-corrected chi connectivity index (χ1v) is 6.61. The van der Waals surface area contributed by atoms with Gasteiger partial charge in [-0.25, -0.2) is 0 Å². The lowest BCUT2D eigenvalue weighted by Gasteiger charge is -2.08. The molecule has 1 heterocycles. The second-order valence-electron chi connectivity index (χ2n) is 4.58. The average molecular weight is 292 g/mol. The van der Waals surface area contributed by atoms with Gasteiger partial charge < -0.3 is 10.2 Å². The highest BCUT2D eigenvalue weighted by molar-refractivity contribution is 9.10. The molecule has 1 aliphatic carbocycles. The molecular weight excluding hydrogens is 278 g/mol. The van der Waals surface area contributed by atoms with Crippen molar-refractivity contribution in [2.45, 2.75) is 18.4 Å². The number of hydrogen-bond acceptors (Lipinski definition) is 2. The van der Waals surface area contributed by atoms with E-state index in [1.807, 2.05) is 18.2 Å². The molecule has 2 N–H and O–H groups in total. The zero-order valence-electron chi connectivity index (χ0n) is 9.34. The van der Waals surface area contributed by atoms with Crippen molar-refractivity contribution >= 4 is 15.9 Å². The van der Waals surface area contributed by atoms with Gasteiger partial charge in [-0.2, -0.15) is 0 Å². The van der Waals surface area contributed by atoms with Crippen LogP contribution in [0.25, 0.3) is 0 Å². The summed E-state index contributed by atoms with van der Waals surface area (Å²) in [4.78, 5) is 0. The molecule has 3 rings (SSSR count). The predicted molar refractivity (Wildman–Crippen MR) is 70.6 cm³/mol. The molecule has 0 bridgehead atoms. The molecule has 1 aliphatic rings. The minimum absolute atomic E-state index is 0.00602. The normalized spacial score (nSPS) is 24.6. The van der Waals surface area contributed by atoms with Crippen molar-refractivity contribution in [3.05, 3.63) is 58.5 Å². The molecule has 1 saturated carbocycles. The maximum atomic E-state index is 6.23. The maximum Gasteiger partial charge on any atom is 0.169 e. The Morgan fingerprint density at radius 1 is 1.18 bits per heavy atom. The van der Waals surface area contributed by atoms with E-state index in [9.17, 15) is 0 Å². The zero-order chi connectivity index (χ0) is 11.8. The van der Waals surface area contributed by atoms with Crippen LogP contribution in [0.3, 0.4) is 0 Å². The summed E-state index contributed by atoms with van der Waals surface area (Å²) in [5, 5.41) is 0. The number of halogens is 1. The predicted octanol–water partition coefficient (Wildman–Crippen LogP) is 3.85. The Morgan fingerprint density at radius 3 is 2.59 bits per heavy atom. The van der Waals surface area contributed by atoms with Crippen molar-refractivity contribution in [1.29, 1.82) is 0 Å². The molecule has 0 amide bonds. The summed E-state index contributed by atoms with van der Waals surface area (Å²) in [7, 11) is 0. The van der Waals surface area contributed by atoms with Gasteiger partial charge >= 0.3 is 0 Å². The van der Waals surface area contributed by atoms with Gasteiger partial charge in [-0.05, 0) is 51.9 Å². The van der Waals surface area contributed by atoms with E-state index in [-0.39, 0.29) is 6.04 Å². The van der Waals surface area contributed by atoms with E-state index in [0.29, 0.717) is 11.8 Å². The molecule has 3 heteroatoms. The molecule has 17 heavy (non-hydrogen) atoms. The monoisotopic (exact) mass is 291 g/mol. The summed E-state index contributed by atoms with van der Waals surface area (Å²) in [5.74, 6) is 1.98. The molecular formula is C14H14BrNO. The Kier molecular flexibility index (Phi) is 2.81. The molecule has 1 aromatic heterocycles. The fourth-order valence-electron chi connectivity index (χ4n) is 2.41. The second-order valence-corrected chi connectivity index (χ2v) is 5.37. The Hall–Kier alpha value is -1.06. The van der Waals surface area contributed by atoms with Gasteiger partial charge in [0.2, 0.25) is 0 Å². The van der Waals surface area contributed by atoms with Crippen LogP contribution in [0.1, 0.15) is 29.7 Å². The van der Waals surface area contributed by atoms with Crippen LogP contribution in [0.2, 0.25) is 0 Å². The number of hydrogen-bond donors (Lipinski definition) is 1. The third-order valence-corrected chi connectivity index (χ3v) is 3.88. The molecule has 2 aromatic rings. The molecule has 0 spiro atoms. The number of nitrogens with two attached hydrogens (primary N) is 1. The van der Waals surface area contributed by atoms with Crippen molar-refractivity contribution in [1.82, 2.24) is 0 Å². The summed E-state index contributed by atoms with van der Waals surface area (Å²) >= 11 is 3.31. The third-order valence-electron chi connectivity index (χ3n) is 3.45. The van der Waals surface area contributed by atoms with Crippen LogP contribution in [0.4, 0.5) is 0 Å². The van der Waals surface area contributed by atoms with Crippen molar-refractivity contribution in [2.75, 3.05) is 0 Å². The van der Waals surface area contributed by atoms with Crippen molar-refractivity contribution in [2.24, 2.45) is 11.7 Å². The number of rotatable bonds is 3. The SMILES string of the molecule is NC(c1ccc(Br)o1)C1CC1c1ccccc1. The lowest BCUT2D eigenvalue weighted by Crippen LogP contribution is -2.12. The summed E-state index contributed by atoms with van der Waals surface area (Å²) in [6.07, 6.45) is 1.16. The first-order valence-electron chi connectivity index (χ1n) is 5.81. The second kappa shape index (κ2) is 4.31. The number of benzene rings is 1. The molecule has 3 unspecified atom stereocenters. The van der Waals surface area contributed by atoms with Gasteiger partial charge in [-0.1, -0.05) is 30.3 Å². The quantitative estimate of drug-likeness (QED) is 0.933. The van der Waals surface area contributed by atoms with Gasteiger partial charge in [0.15, 0.2) is 4.67 Å². The molecule has 3 atom stereocenters. The van der Waals surface area contributed by atoms with Gasteiger partial charge in [0.25, 0.3) is 0 Å². The fourth-order valence-corrected chi connectivity index (χ4v) is 2.73. The molecule has 0 saturated heterocycles. The van der Waals surface area contributed by atoms with Gasteiger partial charge in [0.05, 0.1) is 6.04 Å². The van der Waals surface area contributed by atoms with E-state index < -0.39 is 0 Å². The van der Waals surface area contributed by atoms with E-state index in [1.165, 1.54) is 5.56 Å². The maximum absolute atomic E-state index is 6.23. The molecule has 88 valence electrons.